The number of carboxylic acid groups (broad SMARTS) is 1. The van der Waals surface area contributed by atoms with Gasteiger partial charge < -0.3 is 20.3 Å². The van der Waals surface area contributed by atoms with Crippen molar-refractivity contribution in [1.29, 1.82) is 0 Å². The molecule has 0 aliphatic carbocycles. The lowest BCUT2D eigenvalue weighted by atomic mass is 9.90. The summed E-state index contributed by atoms with van der Waals surface area (Å²) in [6, 6.07) is 0. The Morgan fingerprint density at radius 2 is 2.00 bits per heavy atom. The maximum absolute atomic E-state index is 11.6. The molecule has 3 N–H and O–H groups in total. The van der Waals surface area contributed by atoms with Gasteiger partial charge in [-0.1, -0.05) is 0 Å². The number of aliphatic carboxylic acids is 1. The van der Waals surface area contributed by atoms with Gasteiger partial charge in [-0.3, -0.25) is 9.59 Å². The molecule has 1 amide bonds. The van der Waals surface area contributed by atoms with Crippen LogP contribution in [-0.2, 0) is 14.3 Å². The molecule has 1 aliphatic rings. The number of aliphatic hydroxyl groups excluding tert-OH is 1. The fraction of sp³-hybridized carbons (Fsp3) is 0.800. The van der Waals surface area contributed by atoms with Crippen molar-refractivity contribution in [2.24, 2.45) is 5.92 Å². The summed E-state index contributed by atoms with van der Waals surface area (Å²) in [5, 5.41) is 20.6. The zero-order valence-electron chi connectivity index (χ0n) is 9.23. The molecule has 1 saturated heterocycles. The minimum atomic E-state index is -1.17. The Hall–Kier alpha value is -1.14. The van der Waals surface area contributed by atoms with Crippen LogP contribution in [-0.4, -0.2) is 47.4 Å². The van der Waals surface area contributed by atoms with Crippen LogP contribution < -0.4 is 5.32 Å². The molecule has 16 heavy (non-hydrogen) atoms. The van der Waals surface area contributed by atoms with Gasteiger partial charge >= 0.3 is 5.97 Å². The molecule has 0 bridgehead atoms. The van der Waals surface area contributed by atoms with E-state index in [1.165, 1.54) is 6.92 Å². The Kier molecular flexibility index (Phi) is 4.26. The first-order valence-electron chi connectivity index (χ1n) is 5.24. The van der Waals surface area contributed by atoms with Gasteiger partial charge in [-0.25, -0.2) is 0 Å². The summed E-state index contributed by atoms with van der Waals surface area (Å²) in [5.74, 6) is -2.84. The molecule has 6 nitrogen and oxygen atoms in total. The van der Waals surface area contributed by atoms with Crippen LogP contribution in [0, 0.1) is 5.92 Å². The lowest BCUT2D eigenvalue weighted by Gasteiger charge is -2.36. The number of rotatable bonds is 4. The first kappa shape index (κ1) is 12.9. The van der Waals surface area contributed by atoms with Crippen LogP contribution in [0.25, 0.3) is 0 Å². The molecule has 1 aliphatic heterocycles. The molecule has 0 spiro atoms. The zero-order valence-corrected chi connectivity index (χ0v) is 9.23. The minimum absolute atomic E-state index is 0.200. The first-order chi connectivity index (χ1) is 7.51. The summed E-state index contributed by atoms with van der Waals surface area (Å²) in [6.07, 6.45) is 1.00. The number of nitrogens with one attached hydrogen (secondary N) is 1. The summed E-state index contributed by atoms with van der Waals surface area (Å²) in [4.78, 5) is 22.2. The smallest absolute Gasteiger partial charge is 0.315 e. The Labute approximate surface area is 93.6 Å². The number of carbonyl (C=O) groups is 2. The molecule has 6 heteroatoms. The van der Waals surface area contributed by atoms with Crippen molar-refractivity contribution in [2.45, 2.75) is 25.3 Å². The maximum Gasteiger partial charge on any atom is 0.315 e. The molecule has 0 aromatic heterocycles. The Morgan fingerprint density at radius 1 is 1.44 bits per heavy atom. The van der Waals surface area contributed by atoms with Crippen LogP contribution in [0.15, 0.2) is 0 Å². The van der Waals surface area contributed by atoms with Gasteiger partial charge in [-0.15, -0.1) is 0 Å². The predicted octanol–water partition coefficient (Wildman–Crippen LogP) is -0.635. The molecular formula is C10H17NO5. The number of ether oxygens (including phenoxy) is 1. The highest BCUT2D eigenvalue weighted by molar-refractivity contribution is 5.96. The van der Waals surface area contributed by atoms with E-state index < -0.39 is 23.3 Å². The lowest BCUT2D eigenvalue weighted by molar-refractivity contribution is -0.147. The highest BCUT2D eigenvalue weighted by Crippen LogP contribution is 2.20. The van der Waals surface area contributed by atoms with E-state index >= 15 is 0 Å². The van der Waals surface area contributed by atoms with Gasteiger partial charge in [0.2, 0.25) is 5.91 Å². The van der Waals surface area contributed by atoms with Crippen LogP contribution in [0.2, 0.25) is 0 Å². The summed E-state index contributed by atoms with van der Waals surface area (Å²) < 4.78 is 5.14. The van der Waals surface area contributed by atoms with E-state index in [2.05, 4.69) is 5.32 Å². The molecule has 0 saturated carbocycles. The fourth-order valence-corrected chi connectivity index (χ4v) is 1.57. The highest BCUT2D eigenvalue weighted by atomic mass is 16.5. The van der Waals surface area contributed by atoms with Crippen LogP contribution in [0.3, 0.4) is 0 Å². The van der Waals surface area contributed by atoms with Gasteiger partial charge in [0.05, 0.1) is 12.1 Å². The minimum Gasteiger partial charge on any atom is -0.481 e. The second-order valence-electron chi connectivity index (χ2n) is 4.10. The van der Waals surface area contributed by atoms with Crippen molar-refractivity contribution in [3.8, 4) is 0 Å². The van der Waals surface area contributed by atoms with E-state index in [9.17, 15) is 14.7 Å². The maximum atomic E-state index is 11.6. The number of carbonyl (C=O) groups excluding carboxylic acids is 1. The topological polar surface area (TPSA) is 95.9 Å². The molecule has 1 fully saturated rings. The molecule has 1 atom stereocenters. The monoisotopic (exact) mass is 231 g/mol. The third-order valence-electron chi connectivity index (χ3n) is 2.90. The number of carboxylic acids is 1. The standard InChI is InChI=1S/C10H17NO5/c1-7(9(14)15)8(13)11-10(6-12)2-4-16-5-3-10/h7,12H,2-6H2,1H3,(H,11,13)(H,14,15). The van der Waals surface area contributed by atoms with Crippen molar-refractivity contribution < 1.29 is 24.5 Å². The van der Waals surface area contributed by atoms with Crippen molar-refractivity contribution >= 4 is 11.9 Å². The van der Waals surface area contributed by atoms with Crippen LogP contribution >= 0.6 is 0 Å². The van der Waals surface area contributed by atoms with E-state index in [0.29, 0.717) is 26.1 Å². The third-order valence-corrected chi connectivity index (χ3v) is 2.90. The normalized spacial score (nSPS) is 21.1. The SMILES string of the molecule is CC(C(=O)O)C(=O)NC1(CO)CCOCC1. The number of hydrogen-bond donors (Lipinski definition) is 3. The molecule has 0 radical (unpaired) electrons. The van der Waals surface area contributed by atoms with Crippen LogP contribution in [0.1, 0.15) is 19.8 Å². The predicted molar refractivity (Wildman–Crippen MR) is 54.8 cm³/mol. The number of hydrogen-bond acceptors (Lipinski definition) is 4. The molecule has 1 heterocycles. The van der Waals surface area contributed by atoms with Gasteiger partial charge in [0.15, 0.2) is 0 Å². The molecule has 1 rings (SSSR count). The van der Waals surface area contributed by atoms with Crippen LogP contribution in [0.4, 0.5) is 0 Å². The van der Waals surface area contributed by atoms with E-state index in [1.807, 2.05) is 0 Å². The summed E-state index contributed by atoms with van der Waals surface area (Å²) in [5.41, 5.74) is -0.723. The second kappa shape index (κ2) is 5.27. The lowest BCUT2D eigenvalue weighted by Crippen LogP contribution is -2.56. The Bertz CT molecular complexity index is 272. The van der Waals surface area contributed by atoms with Crippen molar-refractivity contribution in [1.82, 2.24) is 5.32 Å². The van der Waals surface area contributed by atoms with Gasteiger partial charge in [0.1, 0.15) is 5.92 Å². The highest BCUT2D eigenvalue weighted by Gasteiger charge is 2.35. The van der Waals surface area contributed by atoms with E-state index in [1.54, 1.807) is 0 Å². The van der Waals surface area contributed by atoms with E-state index in [-0.39, 0.29) is 6.61 Å². The third kappa shape index (κ3) is 2.93. The van der Waals surface area contributed by atoms with Crippen LogP contribution in [0.5, 0.6) is 0 Å². The first-order valence-corrected chi connectivity index (χ1v) is 5.24. The van der Waals surface area contributed by atoms with E-state index in [4.69, 9.17) is 9.84 Å². The van der Waals surface area contributed by atoms with Gasteiger partial charge in [0.25, 0.3) is 0 Å². The summed E-state index contributed by atoms with van der Waals surface area (Å²) in [7, 11) is 0. The fourth-order valence-electron chi connectivity index (χ4n) is 1.57. The Morgan fingerprint density at radius 3 is 2.44 bits per heavy atom. The summed E-state index contributed by atoms with van der Waals surface area (Å²) in [6.45, 7) is 2.04. The van der Waals surface area contributed by atoms with Gasteiger partial charge in [-0.05, 0) is 19.8 Å². The van der Waals surface area contributed by atoms with E-state index in [0.717, 1.165) is 0 Å². The average molecular weight is 231 g/mol. The molecule has 0 aromatic rings. The largest absolute Gasteiger partial charge is 0.481 e. The molecule has 1 unspecified atom stereocenters. The number of amides is 1. The Balaban J connectivity index is 2.62. The molecular weight excluding hydrogens is 214 g/mol. The zero-order chi connectivity index (χ0) is 12.2. The van der Waals surface area contributed by atoms with Crippen molar-refractivity contribution in [3.05, 3.63) is 0 Å². The number of aliphatic hydroxyl groups is 1. The molecule has 0 aromatic carbocycles. The van der Waals surface area contributed by atoms with Crippen molar-refractivity contribution in [2.75, 3.05) is 19.8 Å². The average Bonchev–Trinajstić information content (AvgIpc) is 2.29. The second-order valence-corrected chi connectivity index (χ2v) is 4.10. The molecule has 92 valence electrons. The quantitative estimate of drug-likeness (QED) is 0.559. The van der Waals surface area contributed by atoms with Gasteiger partial charge in [-0.2, -0.15) is 0 Å². The summed E-state index contributed by atoms with van der Waals surface area (Å²) >= 11 is 0. The van der Waals surface area contributed by atoms with Crippen molar-refractivity contribution in [3.63, 3.8) is 0 Å². The van der Waals surface area contributed by atoms with Gasteiger partial charge in [0, 0.05) is 13.2 Å².